The first kappa shape index (κ1) is 13.7. The number of benzene rings is 1. The van der Waals surface area contributed by atoms with Crippen LogP contribution < -0.4 is 9.47 Å². The normalized spacial score (nSPS) is 12.8. The van der Waals surface area contributed by atoms with E-state index in [1.807, 2.05) is 25.2 Å². The number of rotatable bonds is 6. The molecule has 1 aliphatic rings. The summed E-state index contributed by atoms with van der Waals surface area (Å²) in [5.41, 5.74) is 1.17. The van der Waals surface area contributed by atoms with E-state index < -0.39 is 0 Å². The Kier molecular flexibility index (Phi) is 4.63. The second kappa shape index (κ2) is 6.43. The Labute approximate surface area is 113 Å². The van der Waals surface area contributed by atoms with Crippen molar-refractivity contribution in [1.82, 2.24) is 4.90 Å². The van der Waals surface area contributed by atoms with Gasteiger partial charge in [-0.3, -0.25) is 4.79 Å². The van der Waals surface area contributed by atoms with E-state index >= 15 is 0 Å². The van der Waals surface area contributed by atoms with Crippen molar-refractivity contribution < 1.29 is 19.0 Å². The molecule has 0 saturated carbocycles. The number of esters is 1. The maximum atomic E-state index is 11.0. The Morgan fingerprint density at radius 3 is 2.95 bits per heavy atom. The SMILES string of the molecule is COC(=O)CCCN(C)Cc1ccc2c(c1)OCO2. The third-order valence-corrected chi connectivity index (χ3v) is 3.04. The van der Waals surface area contributed by atoms with Crippen LogP contribution in [0.5, 0.6) is 11.5 Å². The lowest BCUT2D eigenvalue weighted by Crippen LogP contribution is -2.20. The molecule has 19 heavy (non-hydrogen) atoms. The van der Waals surface area contributed by atoms with E-state index in [0.717, 1.165) is 31.0 Å². The molecule has 1 heterocycles. The molecule has 1 aromatic carbocycles. The zero-order valence-corrected chi connectivity index (χ0v) is 11.3. The van der Waals surface area contributed by atoms with Gasteiger partial charge in [-0.15, -0.1) is 0 Å². The van der Waals surface area contributed by atoms with E-state index in [1.165, 1.54) is 12.7 Å². The minimum absolute atomic E-state index is 0.156. The molecule has 0 amide bonds. The minimum atomic E-state index is -0.156. The van der Waals surface area contributed by atoms with Gasteiger partial charge in [-0.1, -0.05) is 6.07 Å². The van der Waals surface area contributed by atoms with Crippen LogP contribution in [-0.4, -0.2) is 38.4 Å². The smallest absolute Gasteiger partial charge is 0.305 e. The maximum Gasteiger partial charge on any atom is 0.305 e. The van der Waals surface area contributed by atoms with Gasteiger partial charge in [0.15, 0.2) is 11.5 Å². The van der Waals surface area contributed by atoms with E-state index in [1.54, 1.807) is 0 Å². The number of nitrogens with zero attached hydrogens (tertiary/aromatic N) is 1. The van der Waals surface area contributed by atoms with Gasteiger partial charge in [0.05, 0.1) is 7.11 Å². The third kappa shape index (κ3) is 3.86. The second-order valence-electron chi connectivity index (χ2n) is 4.61. The number of fused-ring (bicyclic) bond motifs is 1. The summed E-state index contributed by atoms with van der Waals surface area (Å²) in [6.07, 6.45) is 1.26. The summed E-state index contributed by atoms with van der Waals surface area (Å²) in [6, 6.07) is 5.96. The van der Waals surface area contributed by atoms with Crippen LogP contribution in [0.25, 0.3) is 0 Å². The second-order valence-corrected chi connectivity index (χ2v) is 4.61. The largest absolute Gasteiger partial charge is 0.469 e. The summed E-state index contributed by atoms with van der Waals surface area (Å²) in [4.78, 5) is 13.2. The van der Waals surface area contributed by atoms with Gasteiger partial charge in [-0.25, -0.2) is 0 Å². The molecule has 1 aromatic rings. The highest BCUT2D eigenvalue weighted by molar-refractivity contribution is 5.69. The van der Waals surface area contributed by atoms with Gasteiger partial charge in [0.2, 0.25) is 6.79 Å². The number of carbonyl (C=O) groups excluding carboxylic acids is 1. The number of ether oxygens (including phenoxy) is 3. The fourth-order valence-corrected chi connectivity index (χ4v) is 2.03. The van der Waals surface area contributed by atoms with Crippen LogP contribution in [0.15, 0.2) is 18.2 Å². The lowest BCUT2D eigenvalue weighted by Gasteiger charge is -2.16. The Balaban J connectivity index is 1.79. The molecule has 0 N–H and O–H groups in total. The monoisotopic (exact) mass is 265 g/mol. The summed E-state index contributed by atoms with van der Waals surface area (Å²) in [6.45, 7) is 1.97. The standard InChI is InChI=1S/C14H19NO4/c1-15(7-3-4-14(16)17-2)9-11-5-6-12-13(8-11)19-10-18-12/h5-6,8H,3-4,7,9-10H2,1-2H3. The summed E-state index contributed by atoms with van der Waals surface area (Å²) in [5.74, 6) is 1.45. The molecular formula is C14H19NO4. The average molecular weight is 265 g/mol. The maximum absolute atomic E-state index is 11.0. The summed E-state index contributed by atoms with van der Waals surface area (Å²) >= 11 is 0. The zero-order chi connectivity index (χ0) is 13.7. The number of methoxy groups -OCH3 is 1. The van der Waals surface area contributed by atoms with Crippen molar-refractivity contribution in [1.29, 1.82) is 0 Å². The molecule has 0 saturated heterocycles. The molecule has 0 unspecified atom stereocenters. The molecule has 5 heteroatoms. The van der Waals surface area contributed by atoms with Crippen molar-refractivity contribution in [3.63, 3.8) is 0 Å². The van der Waals surface area contributed by atoms with Gasteiger partial charge in [0.25, 0.3) is 0 Å². The first-order valence-corrected chi connectivity index (χ1v) is 6.33. The molecule has 0 aliphatic carbocycles. The van der Waals surface area contributed by atoms with E-state index in [9.17, 15) is 4.79 Å². The first-order valence-electron chi connectivity index (χ1n) is 6.33. The minimum Gasteiger partial charge on any atom is -0.469 e. The molecule has 1 aliphatic heterocycles. The highest BCUT2D eigenvalue weighted by atomic mass is 16.7. The van der Waals surface area contributed by atoms with Crippen LogP contribution in [0.2, 0.25) is 0 Å². The van der Waals surface area contributed by atoms with Gasteiger partial charge in [0, 0.05) is 13.0 Å². The van der Waals surface area contributed by atoms with E-state index in [2.05, 4.69) is 9.64 Å². The van der Waals surface area contributed by atoms with E-state index in [4.69, 9.17) is 9.47 Å². The molecule has 0 fully saturated rings. The van der Waals surface area contributed by atoms with Crippen LogP contribution in [0, 0.1) is 0 Å². The molecule has 2 rings (SSSR count). The molecule has 0 spiro atoms. The van der Waals surface area contributed by atoms with E-state index in [-0.39, 0.29) is 5.97 Å². The highest BCUT2D eigenvalue weighted by Crippen LogP contribution is 2.32. The van der Waals surface area contributed by atoms with Gasteiger partial charge in [-0.05, 0) is 37.7 Å². The van der Waals surface area contributed by atoms with Gasteiger partial charge >= 0.3 is 5.97 Å². The number of hydrogen-bond acceptors (Lipinski definition) is 5. The first-order chi connectivity index (χ1) is 9.19. The van der Waals surface area contributed by atoms with Crippen LogP contribution in [0.3, 0.4) is 0 Å². The fraction of sp³-hybridized carbons (Fsp3) is 0.500. The van der Waals surface area contributed by atoms with Crippen molar-refractivity contribution in [2.24, 2.45) is 0 Å². The zero-order valence-electron chi connectivity index (χ0n) is 11.3. The quantitative estimate of drug-likeness (QED) is 0.734. The van der Waals surface area contributed by atoms with Crippen LogP contribution in [0.4, 0.5) is 0 Å². The highest BCUT2D eigenvalue weighted by Gasteiger charge is 2.13. The summed E-state index contributed by atoms with van der Waals surface area (Å²) in [7, 11) is 3.44. The van der Waals surface area contributed by atoms with Crippen LogP contribution in [0.1, 0.15) is 18.4 Å². The predicted octanol–water partition coefficient (Wildman–Crippen LogP) is 1.80. The number of carbonyl (C=O) groups is 1. The van der Waals surface area contributed by atoms with Crippen molar-refractivity contribution in [3.8, 4) is 11.5 Å². The van der Waals surface area contributed by atoms with Gasteiger partial charge in [0.1, 0.15) is 0 Å². The van der Waals surface area contributed by atoms with Gasteiger partial charge in [-0.2, -0.15) is 0 Å². The van der Waals surface area contributed by atoms with Crippen molar-refractivity contribution in [2.75, 3.05) is 27.5 Å². The topological polar surface area (TPSA) is 48.0 Å². The molecule has 0 aromatic heterocycles. The lowest BCUT2D eigenvalue weighted by molar-refractivity contribution is -0.140. The molecule has 0 bridgehead atoms. The van der Waals surface area contributed by atoms with E-state index in [0.29, 0.717) is 13.2 Å². The van der Waals surface area contributed by atoms with Crippen molar-refractivity contribution in [2.45, 2.75) is 19.4 Å². The van der Waals surface area contributed by atoms with Crippen molar-refractivity contribution in [3.05, 3.63) is 23.8 Å². The fourth-order valence-electron chi connectivity index (χ4n) is 2.03. The molecule has 0 radical (unpaired) electrons. The summed E-state index contributed by atoms with van der Waals surface area (Å²) in [5, 5.41) is 0. The van der Waals surface area contributed by atoms with Crippen LogP contribution in [-0.2, 0) is 16.1 Å². The van der Waals surface area contributed by atoms with Crippen molar-refractivity contribution >= 4 is 5.97 Å². The number of hydrogen-bond donors (Lipinski definition) is 0. The Bertz CT molecular complexity index is 447. The molecule has 104 valence electrons. The average Bonchev–Trinajstić information content (AvgIpc) is 2.85. The molecular weight excluding hydrogens is 246 g/mol. The summed E-state index contributed by atoms with van der Waals surface area (Å²) < 4.78 is 15.2. The Morgan fingerprint density at radius 2 is 2.16 bits per heavy atom. The Hall–Kier alpha value is -1.75. The Morgan fingerprint density at radius 1 is 1.37 bits per heavy atom. The lowest BCUT2D eigenvalue weighted by atomic mass is 10.2. The van der Waals surface area contributed by atoms with Gasteiger partial charge < -0.3 is 19.1 Å². The molecule has 0 atom stereocenters. The molecule has 5 nitrogen and oxygen atoms in total. The third-order valence-electron chi connectivity index (χ3n) is 3.04. The van der Waals surface area contributed by atoms with Crippen LogP contribution >= 0.6 is 0 Å². The predicted molar refractivity (Wildman–Crippen MR) is 70.1 cm³/mol.